The van der Waals surface area contributed by atoms with E-state index in [4.69, 9.17) is 9.47 Å². The number of hydrogen-bond acceptors (Lipinski definition) is 5. The smallest absolute Gasteiger partial charge is 0.326 e. The second-order valence-corrected chi connectivity index (χ2v) is 7.24. The number of ether oxygens (including phenoxy) is 2. The van der Waals surface area contributed by atoms with Crippen molar-refractivity contribution in [3.05, 3.63) is 64.1 Å². The molecule has 26 heavy (non-hydrogen) atoms. The molecule has 0 bridgehead atoms. The first kappa shape index (κ1) is 18.5. The molecular formula is C20H20BrNO4. The summed E-state index contributed by atoms with van der Waals surface area (Å²) in [5.74, 6) is -1.20. The fraction of sp³-hybridized carbons (Fsp3) is 0.300. The number of nitrogens with zero attached hydrogens (tertiary/aromatic N) is 1. The molecule has 3 rings (SSSR count). The molecule has 0 N–H and O–H groups in total. The Labute approximate surface area is 161 Å². The maximum atomic E-state index is 12.9. The van der Waals surface area contributed by atoms with Gasteiger partial charge in [-0.2, -0.15) is 0 Å². The van der Waals surface area contributed by atoms with E-state index in [2.05, 4.69) is 15.9 Å². The number of rotatable bonds is 3. The van der Waals surface area contributed by atoms with Crippen LogP contribution in [0.3, 0.4) is 0 Å². The number of fused-ring (bicyclic) bond motifs is 1. The van der Waals surface area contributed by atoms with E-state index >= 15 is 0 Å². The van der Waals surface area contributed by atoms with E-state index in [1.54, 1.807) is 0 Å². The fourth-order valence-electron chi connectivity index (χ4n) is 3.84. The Morgan fingerprint density at radius 2 is 1.62 bits per heavy atom. The summed E-state index contributed by atoms with van der Waals surface area (Å²) < 4.78 is 11.1. The molecule has 1 atom stereocenters. The molecule has 0 saturated heterocycles. The number of para-hydroxylation sites is 1. The van der Waals surface area contributed by atoms with E-state index in [0.717, 1.165) is 21.3 Å². The van der Waals surface area contributed by atoms with Gasteiger partial charge in [-0.3, -0.25) is 9.59 Å². The van der Waals surface area contributed by atoms with Crippen LogP contribution in [0.4, 0.5) is 5.69 Å². The number of esters is 2. The molecule has 0 aromatic heterocycles. The average molecular weight is 418 g/mol. The van der Waals surface area contributed by atoms with Crippen molar-refractivity contribution in [1.82, 2.24) is 0 Å². The quantitative estimate of drug-likeness (QED) is 0.564. The minimum atomic E-state index is -1.49. The van der Waals surface area contributed by atoms with Gasteiger partial charge in [0.15, 0.2) is 5.41 Å². The predicted octanol–water partition coefficient (Wildman–Crippen LogP) is 3.52. The van der Waals surface area contributed by atoms with Gasteiger partial charge in [-0.1, -0.05) is 46.3 Å². The highest BCUT2D eigenvalue weighted by Crippen LogP contribution is 2.50. The topological polar surface area (TPSA) is 55.8 Å². The molecule has 1 aliphatic heterocycles. The summed E-state index contributed by atoms with van der Waals surface area (Å²) in [6, 6.07) is 14.8. The zero-order valence-electron chi connectivity index (χ0n) is 14.9. The summed E-state index contributed by atoms with van der Waals surface area (Å²) in [5, 5.41) is 0. The van der Waals surface area contributed by atoms with Crippen LogP contribution in [0, 0.1) is 5.41 Å². The van der Waals surface area contributed by atoms with Gasteiger partial charge in [0.05, 0.1) is 20.3 Å². The lowest BCUT2D eigenvalue weighted by molar-refractivity contribution is -0.171. The first-order valence-corrected chi connectivity index (χ1v) is 8.98. The van der Waals surface area contributed by atoms with Crippen molar-refractivity contribution in [1.29, 1.82) is 0 Å². The highest BCUT2D eigenvalue weighted by Gasteiger charge is 2.59. The number of carbonyl (C=O) groups is 2. The molecule has 0 fully saturated rings. The Balaban J connectivity index is 2.28. The van der Waals surface area contributed by atoms with Gasteiger partial charge >= 0.3 is 11.9 Å². The van der Waals surface area contributed by atoms with Gasteiger partial charge in [-0.25, -0.2) is 0 Å². The molecule has 2 aromatic rings. The summed E-state index contributed by atoms with van der Waals surface area (Å²) in [5.41, 5.74) is 1.23. The largest absolute Gasteiger partial charge is 0.468 e. The number of methoxy groups -OCH3 is 2. The van der Waals surface area contributed by atoms with Crippen molar-refractivity contribution >= 4 is 33.6 Å². The monoisotopic (exact) mass is 417 g/mol. The van der Waals surface area contributed by atoms with Crippen molar-refractivity contribution in [2.45, 2.75) is 12.5 Å². The number of halogens is 1. The van der Waals surface area contributed by atoms with Crippen molar-refractivity contribution in [3.8, 4) is 0 Å². The van der Waals surface area contributed by atoms with Crippen LogP contribution in [-0.4, -0.2) is 33.2 Å². The lowest BCUT2D eigenvalue weighted by Crippen LogP contribution is -2.55. The minimum Gasteiger partial charge on any atom is -0.468 e. The molecule has 2 aromatic carbocycles. The Kier molecular flexibility index (Phi) is 5.05. The molecule has 0 aliphatic carbocycles. The molecule has 0 saturated carbocycles. The van der Waals surface area contributed by atoms with Gasteiger partial charge in [0.1, 0.15) is 0 Å². The molecule has 6 heteroatoms. The Morgan fingerprint density at radius 1 is 1.04 bits per heavy atom. The lowest BCUT2D eigenvalue weighted by Gasteiger charge is -2.46. The highest BCUT2D eigenvalue weighted by atomic mass is 79.9. The third kappa shape index (κ3) is 2.78. The average Bonchev–Trinajstić information content (AvgIpc) is 2.67. The molecule has 0 amide bonds. The van der Waals surface area contributed by atoms with Crippen molar-refractivity contribution in [2.24, 2.45) is 5.41 Å². The Hall–Kier alpha value is -2.34. The number of carbonyl (C=O) groups excluding carboxylic acids is 2. The Morgan fingerprint density at radius 3 is 2.19 bits per heavy atom. The van der Waals surface area contributed by atoms with Gasteiger partial charge < -0.3 is 14.4 Å². The van der Waals surface area contributed by atoms with Crippen molar-refractivity contribution < 1.29 is 19.1 Å². The first-order valence-electron chi connectivity index (χ1n) is 8.18. The molecule has 1 aliphatic rings. The maximum absolute atomic E-state index is 12.9. The third-order valence-electron chi connectivity index (χ3n) is 4.98. The van der Waals surface area contributed by atoms with Crippen LogP contribution in [0.25, 0.3) is 0 Å². The third-order valence-corrected chi connectivity index (χ3v) is 5.51. The molecular weight excluding hydrogens is 398 g/mol. The summed E-state index contributed by atoms with van der Waals surface area (Å²) >= 11 is 3.43. The maximum Gasteiger partial charge on any atom is 0.326 e. The number of hydrogen-bond donors (Lipinski definition) is 0. The second-order valence-electron chi connectivity index (χ2n) is 6.32. The summed E-state index contributed by atoms with van der Waals surface area (Å²) in [4.78, 5) is 27.8. The van der Waals surface area contributed by atoms with E-state index < -0.39 is 23.4 Å². The van der Waals surface area contributed by atoms with Gasteiger partial charge in [0, 0.05) is 23.6 Å². The van der Waals surface area contributed by atoms with Gasteiger partial charge in [-0.05, 0) is 29.3 Å². The molecule has 136 valence electrons. The number of anilines is 1. The van der Waals surface area contributed by atoms with Crippen LogP contribution < -0.4 is 4.90 Å². The molecule has 1 unspecified atom stereocenters. The Bertz CT molecular complexity index is 818. The zero-order valence-corrected chi connectivity index (χ0v) is 16.4. The fourth-order valence-corrected chi connectivity index (χ4v) is 4.10. The summed E-state index contributed by atoms with van der Waals surface area (Å²) in [7, 11) is 4.48. The normalized spacial score (nSPS) is 18.0. The van der Waals surface area contributed by atoms with Gasteiger partial charge in [0.2, 0.25) is 0 Å². The van der Waals surface area contributed by atoms with Crippen LogP contribution in [0.1, 0.15) is 17.2 Å². The van der Waals surface area contributed by atoms with Gasteiger partial charge in [-0.15, -0.1) is 0 Å². The van der Waals surface area contributed by atoms with Crippen LogP contribution in [-0.2, 0) is 25.5 Å². The van der Waals surface area contributed by atoms with E-state index in [9.17, 15) is 9.59 Å². The second kappa shape index (κ2) is 7.11. The standard InChI is InChI=1S/C20H20BrNO4/c1-22-16-7-5-4-6-14(16)12-20(18(23)25-2,19(24)26-3)17(22)13-8-10-15(21)11-9-13/h4-11,17H,12H2,1-3H3. The van der Waals surface area contributed by atoms with Crippen molar-refractivity contribution in [3.63, 3.8) is 0 Å². The SMILES string of the molecule is COC(=O)C1(C(=O)OC)Cc2ccccc2N(C)C1c1ccc(Br)cc1. The predicted molar refractivity (Wildman–Crippen MR) is 102 cm³/mol. The van der Waals surface area contributed by atoms with Gasteiger partial charge in [0.25, 0.3) is 0 Å². The van der Waals surface area contributed by atoms with Crippen LogP contribution in [0.2, 0.25) is 0 Å². The lowest BCUT2D eigenvalue weighted by atomic mass is 9.69. The van der Waals surface area contributed by atoms with Crippen molar-refractivity contribution in [2.75, 3.05) is 26.2 Å². The molecule has 5 nitrogen and oxygen atoms in total. The summed E-state index contributed by atoms with van der Waals surface area (Å²) in [6.07, 6.45) is 0.216. The molecule has 1 heterocycles. The van der Waals surface area contributed by atoms with Crippen LogP contribution in [0.5, 0.6) is 0 Å². The molecule has 0 radical (unpaired) electrons. The first-order chi connectivity index (χ1) is 12.5. The zero-order chi connectivity index (χ0) is 18.9. The highest BCUT2D eigenvalue weighted by molar-refractivity contribution is 9.10. The van der Waals surface area contributed by atoms with E-state index in [-0.39, 0.29) is 6.42 Å². The minimum absolute atomic E-state index is 0.216. The van der Waals surface area contributed by atoms with Crippen LogP contribution in [0.15, 0.2) is 53.0 Å². The van der Waals surface area contributed by atoms with E-state index in [1.807, 2.05) is 60.5 Å². The van der Waals surface area contributed by atoms with E-state index in [0.29, 0.717) is 0 Å². The van der Waals surface area contributed by atoms with E-state index in [1.165, 1.54) is 14.2 Å². The number of benzene rings is 2. The summed E-state index contributed by atoms with van der Waals surface area (Å²) in [6.45, 7) is 0. The molecule has 0 spiro atoms. The van der Waals surface area contributed by atoms with Crippen LogP contribution >= 0.6 is 15.9 Å².